The molecule has 0 saturated carbocycles. The fourth-order valence-electron chi connectivity index (χ4n) is 1.04. The summed E-state index contributed by atoms with van der Waals surface area (Å²) in [6.45, 7) is 0.629. The lowest BCUT2D eigenvalue weighted by Crippen LogP contribution is -2.18. The molecule has 1 aromatic carbocycles. The Labute approximate surface area is 98.8 Å². The third-order valence-corrected chi connectivity index (χ3v) is 2.37. The van der Waals surface area contributed by atoms with E-state index in [9.17, 15) is 4.79 Å². The molecule has 0 unspecified atom stereocenters. The summed E-state index contributed by atoms with van der Waals surface area (Å²) >= 11 is 11.7. The van der Waals surface area contributed by atoms with Gasteiger partial charge in [0.1, 0.15) is 0 Å². The maximum atomic E-state index is 11.4. The third-order valence-electron chi connectivity index (χ3n) is 1.80. The van der Waals surface area contributed by atoms with Crippen LogP contribution in [-0.2, 0) is 4.79 Å². The van der Waals surface area contributed by atoms with Gasteiger partial charge in [-0.15, -0.1) is 0 Å². The second-order valence-electron chi connectivity index (χ2n) is 3.03. The summed E-state index contributed by atoms with van der Waals surface area (Å²) in [7, 11) is 1.79. The fraction of sp³-hybridized carbons (Fsp3) is 0.300. The van der Waals surface area contributed by atoms with Gasteiger partial charge in [-0.05, 0) is 25.2 Å². The minimum atomic E-state index is -0.0893. The number of halogens is 2. The van der Waals surface area contributed by atoms with E-state index in [2.05, 4.69) is 10.6 Å². The smallest absolute Gasteiger partial charge is 0.225 e. The first kappa shape index (κ1) is 12.3. The molecule has 0 fully saturated rings. The van der Waals surface area contributed by atoms with E-state index in [-0.39, 0.29) is 5.91 Å². The Balaban J connectivity index is 2.63. The first-order valence-electron chi connectivity index (χ1n) is 4.53. The number of carbonyl (C=O) groups excluding carboxylic acids is 1. The minimum absolute atomic E-state index is 0.0893. The van der Waals surface area contributed by atoms with Crippen molar-refractivity contribution in [1.82, 2.24) is 5.32 Å². The molecule has 82 valence electrons. The van der Waals surface area contributed by atoms with Gasteiger partial charge in [-0.1, -0.05) is 23.2 Å². The average Bonchev–Trinajstić information content (AvgIpc) is 2.20. The summed E-state index contributed by atoms with van der Waals surface area (Å²) in [6, 6.07) is 4.95. The van der Waals surface area contributed by atoms with E-state index < -0.39 is 0 Å². The van der Waals surface area contributed by atoms with Gasteiger partial charge in [0.2, 0.25) is 5.91 Å². The van der Waals surface area contributed by atoms with Crippen LogP contribution in [0.3, 0.4) is 0 Å². The number of hydrogen-bond donors (Lipinski definition) is 2. The summed E-state index contributed by atoms with van der Waals surface area (Å²) < 4.78 is 0. The van der Waals surface area contributed by atoms with Crippen LogP contribution in [0.15, 0.2) is 18.2 Å². The first-order chi connectivity index (χ1) is 7.13. The zero-order chi connectivity index (χ0) is 11.3. The Morgan fingerprint density at radius 1 is 1.40 bits per heavy atom. The highest BCUT2D eigenvalue weighted by atomic mass is 35.5. The van der Waals surface area contributed by atoms with Crippen molar-refractivity contribution in [2.75, 3.05) is 18.9 Å². The van der Waals surface area contributed by atoms with Crippen molar-refractivity contribution in [1.29, 1.82) is 0 Å². The Kier molecular flexibility index (Phi) is 4.88. The molecule has 0 aliphatic rings. The van der Waals surface area contributed by atoms with E-state index in [0.717, 1.165) is 0 Å². The molecule has 0 saturated heterocycles. The summed E-state index contributed by atoms with van der Waals surface area (Å²) in [5.41, 5.74) is 0.547. The van der Waals surface area contributed by atoms with Crippen molar-refractivity contribution < 1.29 is 4.79 Å². The Bertz CT molecular complexity index is 355. The third kappa shape index (κ3) is 4.08. The van der Waals surface area contributed by atoms with Crippen molar-refractivity contribution in [3.05, 3.63) is 28.2 Å². The highest BCUT2D eigenvalue weighted by molar-refractivity contribution is 6.35. The van der Waals surface area contributed by atoms with E-state index in [1.54, 1.807) is 25.2 Å². The molecule has 1 aromatic rings. The van der Waals surface area contributed by atoms with Gasteiger partial charge in [-0.2, -0.15) is 0 Å². The molecule has 0 spiro atoms. The number of benzene rings is 1. The van der Waals surface area contributed by atoms with Gasteiger partial charge in [-0.3, -0.25) is 4.79 Å². The lowest BCUT2D eigenvalue weighted by molar-refractivity contribution is -0.116. The maximum Gasteiger partial charge on any atom is 0.225 e. The Morgan fingerprint density at radius 2 is 2.13 bits per heavy atom. The zero-order valence-corrected chi connectivity index (χ0v) is 9.82. The van der Waals surface area contributed by atoms with Crippen LogP contribution >= 0.6 is 23.2 Å². The van der Waals surface area contributed by atoms with E-state index in [0.29, 0.717) is 28.7 Å². The van der Waals surface area contributed by atoms with E-state index in [4.69, 9.17) is 23.2 Å². The number of hydrogen-bond acceptors (Lipinski definition) is 2. The van der Waals surface area contributed by atoms with Crippen LogP contribution in [0.4, 0.5) is 5.69 Å². The van der Waals surface area contributed by atoms with E-state index >= 15 is 0 Å². The normalized spacial score (nSPS) is 10.1. The summed E-state index contributed by atoms with van der Waals surface area (Å²) in [6.07, 6.45) is 0.402. The molecule has 5 heteroatoms. The monoisotopic (exact) mass is 246 g/mol. The second-order valence-corrected chi connectivity index (χ2v) is 3.87. The van der Waals surface area contributed by atoms with Gasteiger partial charge >= 0.3 is 0 Å². The molecule has 15 heavy (non-hydrogen) atoms. The van der Waals surface area contributed by atoms with Gasteiger partial charge in [0.15, 0.2) is 0 Å². The number of amides is 1. The van der Waals surface area contributed by atoms with E-state index in [1.165, 1.54) is 0 Å². The lowest BCUT2D eigenvalue weighted by Gasteiger charge is -2.07. The number of nitrogens with one attached hydrogen (secondary N) is 2. The van der Waals surface area contributed by atoms with Crippen LogP contribution < -0.4 is 10.6 Å². The SMILES string of the molecule is CNCCC(=O)Nc1cc(Cl)ccc1Cl. The van der Waals surface area contributed by atoms with Crippen molar-refractivity contribution in [2.24, 2.45) is 0 Å². The molecule has 0 heterocycles. The van der Waals surface area contributed by atoms with Gasteiger partial charge in [0, 0.05) is 18.0 Å². The molecule has 0 atom stereocenters. The highest BCUT2D eigenvalue weighted by Gasteiger charge is 2.05. The second kappa shape index (κ2) is 5.95. The Hall–Kier alpha value is -0.770. The zero-order valence-electron chi connectivity index (χ0n) is 8.31. The van der Waals surface area contributed by atoms with Crippen LogP contribution in [0.25, 0.3) is 0 Å². The minimum Gasteiger partial charge on any atom is -0.325 e. The first-order valence-corrected chi connectivity index (χ1v) is 5.28. The van der Waals surface area contributed by atoms with Crippen molar-refractivity contribution >= 4 is 34.8 Å². The average molecular weight is 247 g/mol. The van der Waals surface area contributed by atoms with Crippen LogP contribution in [-0.4, -0.2) is 19.5 Å². The highest BCUT2D eigenvalue weighted by Crippen LogP contribution is 2.25. The molecular formula is C10H12Cl2N2O. The molecule has 2 N–H and O–H groups in total. The standard InChI is InChI=1S/C10H12Cl2N2O/c1-13-5-4-10(15)14-9-6-7(11)2-3-8(9)12/h2-3,6,13H,4-5H2,1H3,(H,14,15). The molecular weight excluding hydrogens is 235 g/mol. The number of carbonyl (C=O) groups is 1. The molecule has 0 bridgehead atoms. The van der Waals surface area contributed by atoms with Crippen LogP contribution in [0.2, 0.25) is 10.0 Å². The molecule has 1 amide bonds. The molecule has 1 rings (SSSR count). The predicted molar refractivity (Wildman–Crippen MR) is 63.6 cm³/mol. The lowest BCUT2D eigenvalue weighted by atomic mass is 10.3. The van der Waals surface area contributed by atoms with Crippen LogP contribution in [0, 0.1) is 0 Å². The maximum absolute atomic E-state index is 11.4. The number of anilines is 1. The molecule has 0 aliphatic carbocycles. The van der Waals surface area contributed by atoms with Crippen LogP contribution in [0.1, 0.15) is 6.42 Å². The number of rotatable bonds is 4. The quantitative estimate of drug-likeness (QED) is 0.858. The molecule has 0 radical (unpaired) electrons. The van der Waals surface area contributed by atoms with Crippen molar-refractivity contribution in [3.8, 4) is 0 Å². The topological polar surface area (TPSA) is 41.1 Å². The van der Waals surface area contributed by atoms with Crippen LogP contribution in [0.5, 0.6) is 0 Å². The van der Waals surface area contributed by atoms with Gasteiger partial charge in [0.05, 0.1) is 10.7 Å². The fourth-order valence-corrected chi connectivity index (χ4v) is 1.38. The van der Waals surface area contributed by atoms with Crippen molar-refractivity contribution in [3.63, 3.8) is 0 Å². The molecule has 0 aliphatic heterocycles. The van der Waals surface area contributed by atoms with Gasteiger partial charge < -0.3 is 10.6 Å². The molecule has 3 nitrogen and oxygen atoms in total. The van der Waals surface area contributed by atoms with Crippen molar-refractivity contribution in [2.45, 2.75) is 6.42 Å². The largest absolute Gasteiger partial charge is 0.325 e. The van der Waals surface area contributed by atoms with E-state index in [1.807, 2.05) is 0 Å². The predicted octanol–water partition coefficient (Wildman–Crippen LogP) is 2.54. The van der Waals surface area contributed by atoms with Gasteiger partial charge in [0.25, 0.3) is 0 Å². The summed E-state index contributed by atoms with van der Waals surface area (Å²) in [5, 5.41) is 6.61. The summed E-state index contributed by atoms with van der Waals surface area (Å²) in [4.78, 5) is 11.4. The van der Waals surface area contributed by atoms with Gasteiger partial charge in [-0.25, -0.2) is 0 Å². The molecule has 0 aromatic heterocycles. The Morgan fingerprint density at radius 3 is 2.80 bits per heavy atom. The summed E-state index contributed by atoms with van der Waals surface area (Å²) in [5.74, 6) is -0.0893.